The molecule has 1 fully saturated rings. The van der Waals surface area contributed by atoms with Gasteiger partial charge in [-0.1, -0.05) is 0 Å². The molecule has 3 N–H and O–H groups in total. The smallest absolute Gasteiger partial charge is 0.475 e. The van der Waals surface area contributed by atoms with Gasteiger partial charge in [0.25, 0.3) is 0 Å². The molecule has 0 radical (unpaired) electrons. The van der Waals surface area contributed by atoms with Crippen LogP contribution in [0, 0.1) is 0 Å². The number of carboxylic acid groups (broad SMARTS) is 1. The highest BCUT2D eigenvalue weighted by Crippen LogP contribution is 2.42. The predicted octanol–water partition coefficient (Wildman–Crippen LogP) is 1.07. The van der Waals surface area contributed by atoms with Gasteiger partial charge in [-0.25, -0.2) is 18.2 Å². The van der Waals surface area contributed by atoms with Crippen molar-refractivity contribution in [1.29, 1.82) is 0 Å². The molecule has 1 aliphatic rings. The molecule has 1 saturated carbocycles. The van der Waals surface area contributed by atoms with Crippen LogP contribution in [0.3, 0.4) is 0 Å². The van der Waals surface area contributed by atoms with Gasteiger partial charge < -0.3 is 10.8 Å². The molecule has 6 nitrogen and oxygen atoms in total. The SMILES string of the molecule is CS(=O)(=O)c1cc(C2(N)CC2)ccn1.O=C(O)C(F)(F)F. The third-order valence-electron chi connectivity index (χ3n) is 2.72. The first-order valence-corrected chi connectivity index (χ1v) is 7.51. The van der Waals surface area contributed by atoms with E-state index in [1.165, 1.54) is 6.20 Å². The van der Waals surface area contributed by atoms with Crippen LogP contribution in [0.15, 0.2) is 23.4 Å². The van der Waals surface area contributed by atoms with E-state index in [-0.39, 0.29) is 10.6 Å². The normalized spacial score (nSPS) is 16.6. The minimum absolute atomic E-state index is 0.103. The number of aromatic nitrogens is 1. The zero-order chi connectivity index (χ0) is 16.5. The zero-order valence-electron chi connectivity index (χ0n) is 10.9. The van der Waals surface area contributed by atoms with Crippen LogP contribution in [0.4, 0.5) is 13.2 Å². The number of nitrogens with zero attached hydrogens (tertiary/aromatic N) is 1. The van der Waals surface area contributed by atoms with Crippen LogP contribution < -0.4 is 5.73 Å². The Morgan fingerprint density at radius 2 is 1.90 bits per heavy atom. The molecule has 0 aliphatic heterocycles. The highest BCUT2D eigenvalue weighted by atomic mass is 32.2. The lowest BCUT2D eigenvalue weighted by molar-refractivity contribution is -0.192. The van der Waals surface area contributed by atoms with Crippen molar-refractivity contribution in [3.63, 3.8) is 0 Å². The van der Waals surface area contributed by atoms with Gasteiger partial charge in [0.2, 0.25) is 0 Å². The average Bonchev–Trinajstić information content (AvgIpc) is 3.07. The number of nitrogens with two attached hydrogens (primary N) is 1. The second kappa shape index (κ2) is 5.60. The van der Waals surface area contributed by atoms with Gasteiger partial charge in [0.1, 0.15) is 0 Å². The molecule has 0 unspecified atom stereocenters. The van der Waals surface area contributed by atoms with Crippen LogP contribution in [-0.4, -0.2) is 36.9 Å². The molecule has 0 bridgehead atoms. The molecule has 0 saturated heterocycles. The fourth-order valence-electron chi connectivity index (χ4n) is 1.35. The standard InChI is InChI=1S/C9H12N2O2S.C2HF3O2/c1-14(12,13)8-6-7(2-5-11-8)9(10)3-4-9;3-2(4,5)1(6)7/h2,5-6H,3-4,10H2,1H3;(H,6,7). The van der Waals surface area contributed by atoms with Crippen molar-refractivity contribution in [3.05, 3.63) is 23.9 Å². The van der Waals surface area contributed by atoms with E-state index >= 15 is 0 Å². The Labute approximate surface area is 118 Å². The summed E-state index contributed by atoms with van der Waals surface area (Å²) in [6, 6.07) is 3.35. The van der Waals surface area contributed by atoms with Gasteiger partial charge in [-0.2, -0.15) is 13.2 Å². The first kappa shape index (κ1) is 17.4. The quantitative estimate of drug-likeness (QED) is 0.841. The summed E-state index contributed by atoms with van der Waals surface area (Å²) in [5.74, 6) is -2.76. The van der Waals surface area contributed by atoms with Crippen LogP contribution in [-0.2, 0) is 20.2 Å². The zero-order valence-corrected chi connectivity index (χ0v) is 11.7. The number of alkyl halides is 3. The third-order valence-corrected chi connectivity index (χ3v) is 3.70. The number of halogens is 3. The van der Waals surface area contributed by atoms with Crippen LogP contribution in [0.1, 0.15) is 18.4 Å². The number of aliphatic carboxylic acids is 1. The number of sulfone groups is 1. The van der Waals surface area contributed by atoms with Gasteiger partial charge in [0, 0.05) is 18.0 Å². The third kappa shape index (κ3) is 4.97. The summed E-state index contributed by atoms with van der Waals surface area (Å²) in [4.78, 5) is 12.7. The Morgan fingerprint density at radius 1 is 1.43 bits per heavy atom. The van der Waals surface area contributed by atoms with Crippen molar-refractivity contribution < 1.29 is 31.5 Å². The fourth-order valence-corrected chi connectivity index (χ4v) is 1.94. The Balaban J connectivity index is 0.000000270. The van der Waals surface area contributed by atoms with Gasteiger partial charge in [0.15, 0.2) is 14.9 Å². The number of carbonyl (C=O) groups is 1. The largest absolute Gasteiger partial charge is 0.490 e. The molecule has 1 aromatic heterocycles. The van der Waals surface area contributed by atoms with Gasteiger partial charge in [-0.3, -0.25) is 0 Å². The molecule has 118 valence electrons. The Hall–Kier alpha value is -1.68. The van der Waals surface area contributed by atoms with E-state index in [4.69, 9.17) is 15.6 Å². The lowest BCUT2D eigenvalue weighted by Crippen LogP contribution is -2.21. The van der Waals surface area contributed by atoms with E-state index in [0.29, 0.717) is 0 Å². The molecule has 0 aromatic carbocycles. The lowest BCUT2D eigenvalue weighted by atomic mass is 10.1. The number of rotatable bonds is 2. The van der Waals surface area contributed by atoms with Crippen LogP contribution >= 0.6 is 0 Å². The fraction of sp³-hybridized carbons (Fsp3) is 0.455. The average molecular weight is 326 g/mol. The maximum Gasteiger partial charge on any atom is 0.490 e. The van der Waals surface area contributed by atoms with Gasteiger partial charge in [-0.15, -0.1) is 0 Å². The van der Waals surface area contributed by atoms with Crippen molar-refractivity contribution in [1.82, 2.24) is 4.98 Å². The van der Waals surface area contributed by atoms with E-state index in [1.807, 2.05) is 0 Å². The molecule has 2 rings (SSSR count). The minimum atomic E-state index is -5.08. The summed E-state index contributed by atoms with van der Waals surface area (Å²) in [6.07, 6.45) is -0.603. The van der Waals surface area contributed by atoms with Crippen molar-refractivity contribution in [2.24, 2.45) is 5.73 Å². The van der Waals surface area contributed by atoms with E-state index in [0.717, 1.165) is 24.7 Å². The number of hydrogen-bond acceptors (Lipinski definition) is 5. The van der Waals surface area contributed by atoms with E-state index < -0.39 is 22.0 Å². The highest BCUT2D eigenvalue weighted by molar-refractivity contribution is 7.90. The van der Waals surface area contributed by atoms with Crippen LogP contribution in [0.25, 0.3) is 0 Å². The summed E-state index contributed by atoms with van der Waals surface area (Å²) in [5, 5.41) is 7.23. The summed E-state index contributed by atoms with van der Waals surface area (Å²) in [6.45, 7) is 0. The van der Waals surface area contributed by atoms with Gasteiger partial charge >= 0.3 is 12.1 Å². The molecule has 10 heteroatoms. The molecular formula is C11H13F3N2O4S. The summed E-state index contributed by atoms with van der Waals surface area (Å²) >= 11 is 0. The Bertz CT molecular complexity index is 639. The first-order chi connectivity index (χ1) is 9.36. The molecule has 0 spiro atoms. The highest BCUT2D eigenvalue weighted by Gasteiger charge is 2.40. The monoisotopic (exact) mass is 326 g/mol. The second-order valence-electron chi connectivity index (χ2n) is 4.61. The molecule has 1 aliphatic carbocycles. The van der Waals surface area contributed by atoms with E-state index in [9.17, 15) is 21.6 Å². The van der Waals surface area contributed by atoms with Crippen molar-refractivity contribution in [2.45, 2.75) is 29.6 Å². The molecule has 21 heavy (non-hydrogen) atoms. The molecule has 0 atom stereocenters. The van der Waals surface area contributed by atoms with Crippen LogP contribution in [0.2, 0.25) is 0 Å². The Kier molecular flexibility index (Phi) is 4.63. The number of pyridine rings is 1. The van der Waals surface area contributed by atoms with Crippen molar-refractivity contribution >= 4 is 15.8 Å². The van der Waals surface area contributed by atoms with Crippen LogP contribution in [0.5, 0.6) is 0 Å². The first-order valence-electron chi connectivity index (χ1n) is 5.62. The Morgan fingerprint density at radius 3 is 2.24 bits per heavy atom. The number of carboxylic acids is 1. The second-order valence-corrected chi connectivity index (χ2v) is 6.58. The lowest BCUT2D eigenvalue weighted by Gasteiger charge is -2.09. The molecule has 0 amide bonds. The predicted molar refractivity (Wildman–Crippen MR) is 66.1 cm³/mol. The molecule has 1 heterocycles. The maximum absolute atomic E-state index is 11.2. The minimum Gasteiger partial charge on any atom is -0.475 e. The van der Waals surface area contributed by atoms with Gasteiger partial charge in [-0.05, 0) is 30.5 Å². The summed E-state index contributed by atoms with van der Waals surface area (Å²) in [7, 11) is -3.22. The van der Waals surface area contributed by atoms with Gasteiger partial charge in [0.05, 0.1) is 0 Å². The van der Waals surface area contributed by atoms with Crippen molar-refractivity contribution in [3.8, 4) is 0 Å². The molecular weight excluding hydrogens is 313 g/mol. The number of hydrogen-bond donors (Lipinski definition) is 2. The van der Waals surface area contributed by atoms with Crippen molar-refractivity contribution in [2.75, 3.05) is 6.26 Å². The maximum atomic E-state index is 11.2. The molecule has 1 aromatic rings. The topological polar surface area (TPSA) is 110 Å². The van der Waals surface area contributed by atoms with E-state index in [2.05, 4.69) is 4.98 Å². The summed E-state index contributed by atoms with van der Waals surface area (Å²) in [5.41, 5.74) is 6.52. The summed E-state index contributed by atoms with van der Waals surface area (Å²) < 4.78 is 54.2. The van der Waals surface area contributed by atoms with E-state index in [1.54, 1.807) is 12.1 Å².